The Morgan fingerprint density at radius 1 is 1.08 bits per heavy atom. The van der Waals surface area contributed by atoms with Crippen LogP contribution in [0.3, 0.4) is 0 Å². The van der Waals surface area contributed by atoms with Gasteiger partial charge in [-0.2, -0.15) is 0 Å². The summed E-state index contributed by atoms with van der Waals surface area (Å²) in [4.78, 5) is 0. The third-order valence-corrected chi connectivity index (χ3v) is 1.27. The maximum atomic E-state index is 11.9. The van der Waals surface area contributed by atoms with Crippen molar-refractivity contribution in [1.29, 1.82) is 0 Å². The second kappa shape index (κ2) is 7.67. The normalized spacial score (nSPS) is 16.5. The number of aliphatic hydroxyl groups is 1. The summed E-state index contributed by atoms with van der Waals surface area (Å²) in [6.07, 6.45) is 3.59. The number of hydrogen-bond donors (Lipinski definition) is 1. The van der Waals surface area contributed by atoms with E-state index < -0.39 is 12.8 Å². The van der Waals surface area contributed by atoms with Crippen molar-refractivity contribution in [3.63, 3.8) is 0 Å². The topological polar surface area (TPSA) is 20.2 Å². The molecule has 0 unspecified atom stereocenters. The van der Waals surface area contributed by atoms with Gasteiger partial charge in [-0.3, -0.25) is 0 Å². The van der Waals surface area contributed by atoms with E-state index in [0.29, 0.717) is 0 Å². The quantitative estimate of drug-likeness (QED) is 0.365. The molecule has 0 saturated heterocycles. The van der Waals surface area contributed by atoms with Crippen molar-refractivity contribution >= 4 is 6.98 Å². The molecular weight excluding hydrogens is 234 g/mol. The molecule has 0 atom stereocenters. The van der Waals surface area contributed by atoms with Crippen molar-refractivity contribution < 1.29 is 121 Å². The van der Waals surface area contributed by atoms with E-state index in [1.165, 1.54) is 0 Å². The van der Waals surface area contributed by atoms with Crippen LogP contribution in [-0.4, -0.2) is 12.1 Å². The van der Waals surface area contributed by atoms with E-state index in [-0.39, 0.29) is 109 Å². The summed E-state index contributed by atoms with van der Waals surface area (Å²) in [5.74, 6) is -0.692. The van der Waals surface area contributed by atoms with Gasteiger partial charge in [0.15, 0.2) is 0 Å². The zero-order valence-corrected chi connectivity index (χ0v) is 13.7. The van der Waals surface area contributed by atoms with Crippen molar-refractivity contribution in [2.45, 2.75) is 0 Å². The SMILES string of the molecule is O[C-]1C=C[C]([B-](F)(F)F)C=C1.[K+].[K+]. The minimum atomic E-state index is -4.93. The predicted octanol–water partition coefficient (Wildman–Crippen LogP) is -4.01. The Labute approximate surface area is 160 Å². The molecule has 0 aliphatic heterocycles. The fourth-order valence-corrected chi connectivity index (χ4v) is 0.693. The summed E-state index contributed by atoms with van der Waals surface area (Å²) in [5, 5.41) is 8.66. The standard InChI is InChI=1S/C6H5BF3O.2K/c8-7(9,10)5-1-3-6(11)4-2-5;;/h1-4,11H;;/q-2;2*+1. The second-order valence-corrected chi connectivity index (χ2v) is 2.17. The molecule has 0 fully saturated rings. The number of hydrogen-bond acceptors (Lipinski definition) is 1. The van der Waals surface area contributed by atoms with Gasteiger partial charge in [-0.15, -0.1) is 18.0 Å². The molecule has 0 amide bonds. The molecule has 0 heterocycles. The van der Waals surface area contributed by atoms with E-state index in [4.69, 9.17) is 5.11 Å². The van der Waals surface area contributed by atoms with Gasteiger partial charge in [0.2, 0.25) is 0 Å². The first-order valence-electron chi connectivity index (χ1n) is 2.99. The first kappa shape index (κ1) is 17.8. The Morgan fingerprint density at radius 3 is 1.77 bits per heavy atom. The smallest absolute Gasteiger partial charge is 0.449 e. The van der Waals surface area contributed by atoms with Crippen LogP contribution in [0.1, 0.15) is 0 Å². The molecule has 61 valence electrons. The Balaban J connectivity index is 0. The average molecular weight is 239 g/mol. The molecule has 0 aromatic rings. The summed E-state index contributed by atoms with van der Waals surface area (Å²) in [6.45, 7) is -4.93. The molecule has 0 spiro atoms. The van der Waals surface area contributed by atoms with Gasteiger partial charge in [-0.05, 0) is 6.10 Å². The molecule has 1 rings (SSSR count). The zero-order chi connectivity index (χ0) is 8.48. The molecule has 1 radical (unpaired) electrons. The fourth-order valence-electron chi connectivity index (χ4n) is 0.693. The van der Waals surface area contributed by atoms with Gasteiger partial charge in [0.1, 0.15) is 0 Å². The van der Waals surface area contributed by atoms with Gasteiger partial charge in [0.25, 0.3) is 0 Å². The van der Waals surface area contributed by atoms with Crippen LogP contribution in [0, 0.1) is 11.9 Å². The Bertz CT molecular complexity index is 191. The largest absolute Gasteiger partial charge is 1.00 e. The molecule has 0 aromatic heterocycles. The van der Waals surface area contributed by atoms with Crippen LogP contribution in [0.4, 0.5) is 12.9 Å². The van der Waals surface area contributed by atoms with Crippen molar-refractivity contribution in [3.05, 3.63) is 36.2 Å². The van der Waals surface area contributed by atoms with Gasteiger partial charge in [0.05, 0.1) is 0 Å². The molecule has 13 heavy (non-hydrogen) atoms. The van der Waals surface area contributed by atoms with E-state index in [9.17, 15) is 12.9 Å². The van der Waals surface area contributed by atoms with Gasteiger partial charge >= 0.3 is 110 Å². The van der Waals surface area contributed by atoms with Crippen molar-refractivity contribution in [2.75, 3.05) is 0 Å². The number of aliphatic hydroxyl groups excluding tert-OH is 1. The first-order valence-corrected chi connectivity index (χ1v) is 2.99. The minimum Gasteiger partial charge on any atom is -0.449 e. The van der Waals surface area contributed by atoms with Crippen LogP contribution in [0.15, 0.2) is 24.3 Å². The van der Waals surface area contributed by atoms with E-state index in [1.54, 1.807) is 0 Å². The molecule has 1 aliphatic carbocycles. The summed E-state index contributed by atoms with van der Waals surface area (Å²) in [6, 6.07) is 0. The third kappa shape index (κ3) is 6.57. The van der Waals surface area contributed by atoms with Crippen molar-refractivity contribution in [3.8, 4) is 0 Å². The van der Waals surface area contributed by atoms with Crippen LogP contribution in [0.5, 0.6) is 0 Å². The molecule has 1 N–H and O–H groups in total. The molecule has 0 saturated carbocycles. The number of rotatable bonds is 1. The second-order valence-electron chi connectivity index (χ2n) is 2.17. The van der Waals surface area contributed by atoms with Crippen molar-refractivity contribution in [1.82, 2.24) is 0 Å². The van der Waals surface area contributed by atoms with Gasteiger partial charge in [-0.1, -0.05) is 0 Å². The zero-order valence-electron chi connectivity index (χ0n) is 7.47. The van der Waals surface area contributed by atoms with E-state index in [0.717, 1.165) is 24.3 Å². The van der Waals surface area contributed by atoms with Crippen molar-refractivity contribution in [2.24, 2.45) is 0 Å². The monoisotopic (exact) mass is 239 g/mol. The predicted molar refractivity (Wildman–Crippen MR) is 35.8 cm³/mol. The molecule has 0 bridgehead atoms. The van der Waals surface area contributed by atoms with Gasteiger partial charge < -0.3 is 18.1 Å². The van der Waals surface area contributed by atoms with Gasteiger partial charge in [-0.25, -0.2) is 12.2 Å². The molecule has 7 heteroatoms. The maximum absolute atomic E-state index is 11.9. The Morgan fingerprint density at radius 2 is 1.46 bits per heavy atom. The number of allylic oxidation sites excluding steroid dienone is 2. The first-order chi connectivity index (χ1) is 5.00. The third-order valence-electron chi connectivity index (χ3n) is 1.27. The molecular formula is C6H5BF3K2O. The van der Waals surface area contributed by atoms with Crippen LogP contribution in [0.2, 0.25) is 0 Å². The minimum absolute atomic E-state index is 0. The fraction of sp³-hybridized carbons (Fsp3) is 0. The summed E-state index contributed by atoms with van der Waals surface area (Å²) < 4.78 is 35.7. The maximum Gasteiger partial charge on any atom is 1.00 e. The summed E-state index contributed by atoms with van der Waals surface area (Å²) >= 11 is 0. The van der Waals surface area contributed by atoms with Crippen LogP contribution >= 0.6 is 0 Å². The van der Waals surface area contributed by atoms with Gasteiger partial charge in [0, 0.05) is 0 Å². The Hall–Kier alpha value is 2.44. The summed E-state index contributed by atoms with van der Waals surface area (Å²) in [7, 11) is 0. The van der Waals surface area contributed by atoms with E-state index in [1.807, 2.05) is 0 Å². The van der Waals surface area contributed by atoms with E-state index in [2.05, 4.69) is 0 Å². The van der Waals surface area contributed by atoms with Crippen LogP contribution in [0.25, 0.3) is 0 Å². The average Bonchev–Trinajstić information content (AvgIpc) is 1.86. The van der Waals surface area contributed by atoms with Crippen LogP contribution in [-0.2, 0) is 0 Å². The van der Waals surface area contributed by atoms with E-state index >= 15 is 0 Å². The molecule has 1 nitrogen and oxygen atoms in total. The summed E-state index contributed by atoms with van der Waals surface area (Å²) in [5.41, 5.74) is 0. The van der Waals surface area contributed by atoms with Crippen LogP contribution < -0.4 is 103 Å². The number of halogens is 3. The molecule has 0 aromatic carbocycles. The Kier molecular flexibility index (Phi) is 10.5. The molecule has 1 aliphatic rings.